The molecule has 114 valence electrons. The third-order valence-corrected chi connectivity index (χ3v) is 3.71. The van der Waals surface area contributed by atoms with E-state index in [4.69, 9.17) is 4.52 Å². The zero-order chi connectivity index (χ0) is 15.7. The van der Waals surface area contributed by atoms with E-state index in [1.807, 2.05) is 19.1 Å². The fraction of sp³-hybridized carbons (Fsp3) is 0.312. The molecule has 0 saturated heterocycles. The third-order valence-electron chi connectivity index (χ3n) is 3.71. The number of carbonyl (C=O) groups excluding carboxylic acids is 2. The number of fused-ring (bicyclic) bond motifs is 1. The number of amides is 2. The number of rotatable bonds is 3. The van der Waals surface area contributed by atoms with E-state index in [-0.39, 0.29) is 17.5 Å². The summed E-state index contributed by atoms with van der Waals surface area (Å²) in [6.07, 6.45) is 1.19. The first-order valence-electron chi connectivity index (χ1n) is 7.26. The quantitative estimate of drug-likeness (QED) is 0.945. The minimum atomic E-state index is -0.309. The van der Waals surface area contributed by atoms with Crippen LogP contribution < -0.4 is 10.2 Å². The molecule has 0 aliphatic carbocycles. The number of aryl methyl sites for hydroxylation is 2. The first-order chi connectivity index (χ1) is 10.6. The Balaban J connectivity index is 1.82. The van der Waals surface area contributed by atoms with Gasteiger partial charge >= 0.3 is 0 Å². The Labute approximate surface area is 128 Å². The maximum atomic E-state index is 12.1. The van der Waals surface area contributed by atoms with Crippen LogP contribution >= 0.6 is 0 Å². The lowest BCUT2D eigenvalue weighted by Gasteiger charge is -2.28. The van der Waals surface area contributed by atoms with E-state index in [2.05, 4.69) is 10.5 Å². The van der Waals surface area contributed by atoms with Crippen molar-refractivity contribution in [1.82, 2.24) is 5.16 Å². The van der Waals surface area contributed by atoms with Gasteiger partial charge in [0.1, 0.15) is 5.76 Å². The average Bonchev–Trinajstić information content (AvgIpc) is 2.94. The van der Waals surface area contributed by atoms with Gasteiger partial charge in [-0.3, -0.25) is 9.59 Å². The molecule has 1 aliphatic rings. The van der Waals surface area contributed by atoms with Crippen molar-refractivity contribution in [1.29, 1.82) is 0 Å². The van der Waals surface area contributed by atoms with Crippen LogP contribution in [0.5, 0.6) is 0 Å². The maximum Gasteiger partial charge on any atom is 0.277 e. The molecule has 0 unspecified atom stereocenters. The largest absolute Gasteiger partial charge is 0.361 e. The Kier molecular flexibility index (Phi) is 3.66. The fourth-order valence-electron chi connectivity index (χ4n) is 2.65. The van der Waals surface area contributed by atoms with E-state index >= 15 is 0 Å². The molecule has 2 amide bonds. The van der Waals surface area contributed by atoms with Gasteiger partial charge in [-0.2, -0.15) is 0 Å². The van der Waals surface area contributed by atoms with E-state index in [1.54, 1.807) is 24.0 Å². The topological polar surface area (TPSA) is 75.4 Å². The Morgan fingerprint density at radius 3 is 2.86 bits per heavy atom. The van der Waals surface area contributed by atoms with E-state index in [0.717, 1.165) is 11.3 Å². The van der Waals surface area contributed by atoms with Crippen molar-refractivity contribution in [3.8, 4) is 0 Å². The number of benzene rings is 1. The molecule has 0 spiro atoms. The van der Waals surface area contributed by atoms with Gasteiger partial charge in [0.15, 0.2) is 5.69 Å². The second-order valence-corrected chi connectivity index (χ2v) is 5.26. The van der Waals surface area contributed by atoms with Crippen molar-refractivity contribution >= 4 is 23.2 Å². The Hall–Kier alpha value is -2.63. The number of hydrogen-bond donors (Lipinski definition) is 1. The Bertz CT molecular complexity index is 736. The standard InChI is InChI=1S/C16H17N3O3/c1-3-19-14-6-5-12(9-11(14)4-7-15(19)20)17-16(21)13-8-10(2)22-18-13/h5-6,8-9H,3-4,7H2,1-2H3,(H,17,21). The summed E-state index contributed by atoms with van der Waals surface area (Å²) in [6, 6.07) is 7.17. The molecule has 22 heavy (non-hydrogen) atoms. The smallest absolute Gasteiger partial charge is 0.277 e. The summed E-state index contributed by atoms with van der Waals surface area (Å²) < 4.78 is 4.90. The van der Waals surface area contributed by atoms with E-state index < -0.39 is 0 Å². The molecule has 6 nitrogen and oxygen atoms in total. The summed E-state index contributed by atoms with van der Waals surface area (Å²) >= 11 is 0. The molecule has 6 heteroatoms. The number of hydrogen-bond acceptors (Lipinski definition) is 4. The van der Waals surface area contributed by atoms with Gasteiger partial charge in [-0.15, -0.1) is 0 Å². The molecule has 0 radical (unpaired) electrons. The second kappa shape index (κ2) is 5.63. The molecule has 1 aliphatic heterocycles. The normalized spacial score (nSPS) is 13.9. The number of anilines is 2. The number of nitrogens with one attached hydrogen (secondary N) is 1. The van der Waals surface area contributed by atoms with E-state index in [1.165, 1.54) is 0 Å². The Morgan fingerprint density at radius 2 is 2.18 bits per heavy atom. The summed E-state index contributed by atoms with van der Waals surface area (Å²) in [4.78, 5) is 25.7. The number of carbonyl (C=O) groups is 2. The molecule has 0 bridgehead atoms. The zero-order valence-corrected chi connectivity index (χ0v) is 12.5. The van der Waals surface area contributed by atoms with Crippen LogP contribution in [0.4, 0.5) is 11.4 Å². The van der Waals surface area contributed by atoms with Crippen molar-refractivity contribution in [3.63, 3.8) is 0 Å². The highest BCUT2D eigenvalue weighted by atomic mass is 16.5. The van der Waals surface area contributed by atoms with Crippen molar-refractivity contribution in [3.05, 3.63) is 41.3 Å². The first kappa shape index (κ1) is 14.3. The number of aromatic nitrogens is 1. The van der Waals surface area contributed by atoms with Crippen LogP contribution in [0.1, 0.15) is 35.2 Å². The lowest BCUT2D eigenvalue weighted by Crippen LogP contribution is -2.34. The van der Waals surface area contributed by atoms with E-state index in [9.17, 15) is 9.59 Å². The van der Waals surface area contributed by atoms with Gasteiger partial charge in [0.05, 0.1) is 0 Å². The van der Waals surface area contributed by atoms with Gasteiger partial charge < -0.3 is 14.7 Å². The summed E-state index contributed by atoms with van der Waals surface area (Å²) in [6.45, 7) is 4.34. The Morgan fingerprint density at radius 1 is 1.36 bits per heavy atom. The summed E-state index contributed by atoms with van der Waals surface area (Å²) in [5.41, 5.74) is 2.93. The lowest BCUT2D eigenvalue weighted by atomic mass is 10.0. The molecule has 0 saturated carbocycles. The molecule has 2 aromatic rings. The van der Waals surface area contributed by atoms with Crippen LogP contribution in [0.25, 0.3) is 0 Å². The molecule has 1 aromatic heterocycles. The molecule has 0 atom stereocenters. The van der Waals surface area contributed by atoms with Crippen LogP contribution in [0.3, 0.4) is 0 Å². The van der Waals surface area contributed by atoms with Gasteiger partial charge in [-0.25, -0.2) is 0 Å². The van der Waals surface area contributed by atoms with Gasteiger partial charge in [0, 0.05) is 30.4 Å². The highest BCUT2D eigenvalue weighted by molar-refractivity contribution is 6.03. The minimum Gasteiger partial charge on any atom is -0.361 e. The molecule has 0 fully saturated rings. The highest BCUT2D eigenvalue weighted by Crippen LogP contribution is 2.30. The van der Waals surface area contributed by atoms with Crippen LogP contribution in [0, 0.1) is 6.92 Å². The second-order valence-electron chi connectivity index (χ2n) is 5.26. The molecular formula is C16H17N3O3. The first-order valence-corrected chi connectivity index (χ1v) is 7.26. The van der Waals surface area contributed by atoms with Crippen LogP contribution in [-0.2, 0) is 11.2 Å². The lowest BCUT2D eigenvalue weighted by molar-refractivity contribution is -0.118. The van der Waals surface area contributed by atoms with E-state index in [0.29, 0.717) is 30.8 Å². The fourth-order valence-corrected chi connectivity index (χ4v) is 2.65. The predicted molar refractivity (Wildman–Crippen MR) is 82.0 cm³/mol. The third kappa shape index (κ3) is 2.59. The molecule has 2 heterocycles. The predicted octanol–water partition coefficient (Wildman–Crippen LogP) is 2.53. The minimum absolute atomic E-state index is 0.143. The summed E-state index contributed by atoms with van der Waals surface area (Å²) in [5, 5.41) is 6.50. The summed E-state index contributed by atoms with van der Waals surface area (Å²) in [5.74, 6) is 0.425. The molecule has 3 rings (SSSR count). The average molecular weight is 299 g/mol. The SMILES string of the molecule is CCN1C(=O)CCc2cc(NC(=O)c3cc(C)on3)ccc21. The highest BCUT2D eigenvalue weighted by Gasteiger charge is 2.23. The van der Waals surface area contributed by atoms with Crippen LogP contribution in [0.2, 0.25) is 0 Å². The maximum absolute atomic E-state index is 12.1. The monoisotopic (exact) mass is 299 g/mol. The number of nitrogens with zero attached hydrogens (tertiary/aromatic N) is 2. The molecule has 1 aromatic carbocycles. The summed E-state index contributed by atoms with van der Waals surface area (Å²) in [7, 11) is 0. The van der Waals surface area contributed by atoms with Crippen molar-refractivity contribution in [2.75, 3.05) is 16.8 Å². The zero-order valence-electron chi connectivity index (χ0n) is 12.5. The molecular weight excluding hydrogens is 282 g/mol. The van der Waals surface area contributed by atoms with Gasteiger partial charge in [-0.05, 0) is 44.0 Å². The van der Waals surface area contributed by atoms with Gasteiger partial charge in [-0.1, -0.05) is 5.16 Å². The van der Waals surface area contributed by atoms with Crippen molar-refractivity contribution in [2.24, 2.45) is 0 Å². The van der Waals surface area contributed by atoms with Gasteiger partial charge in [0.25, 0.3) is 5.91 Å². The molecule has 1 N–H and O–H groups in total. The van der Waals surface area contributed by atoms with Gasteiger partial charge in [0.2, 0.25) is 5.91 Å². The van der Waals surface area contributed by atoms with Crippen molar-refractivity contribution < 1.29 is 14.1 Å². The van der Waals surface area contributed by atoms with Crippen LogP contribution in [0.15, 0.2) is 28.8 Å². The van der Waals surface area contributed by atoms with Crippen molar-refractivity contribution in [2.45, 2.75) is 26.7 Å². The van der Waals surface area contributed by atoms with Crippen LogP contribution in [-0.4, -0.2) is 23.5 Å².